The highest BCUT2D eigenvalue weighted by atomic mass is 32.1. The lowest BCUT2D eigenvalue weighted by Gasteiger charge is -2.25. The number of likely N-dealkylation sites (N-methyl/N-ethyl adjacent to an activating group) is 1. The zero-order valence-electron chi connectivity index (χ0n) is 26.0. The second-order valence-electron chi connectivity index (χ2n) is 12.2. The number of pyridine rings is 1. The summed E-state index contributed by atoms with van der Waals surface area (Å²) in [4.78, 5) is 36.6. The van der Waals surface area contributed by atoms with Gasteiger partial charge in [0.05, 0.1) is 24.0 Å². The van der Waals surface area contributed by atoms with Crippen molar-refractivity contribution in [3.8, 4) is 0 Å². The number of nitrogens with zero attached hydrogens (tertiary/aromatic N) is 4. The number of benzene rings is 1. The number of carbonyl (C=O) groups is 2. The predicted octanol–water partition coefficient (Wildman–Crippen LogP) is 7.03. The van der Waals surface area contributed by atoms with Crippen molar-refractivity contribution in [1.29, 1.82) is 0 Å². The molecule has 2 aromatic heterocycles. The van der Waals surface area contributed by atoms with E-state index in [1.807, 2.05) is 66.7 Å². The van der Waals surface area contributed by atoms with E-state index in [9.17, 15) is 14.7 Å². The van der Waals surface area contributed by atoms with Gasteiger partial charge >= 0.3 is 6.09 Å². The molecule has 2 N–H and O–H groups in total. The van der Waals surface area contributed by atoms with Crippen molar-refractivity contribution in [1.82, 2.24) is 9.88 Å². The Morgan fingerprint density at radius 1 is 1.19 bits per heavy atom. The van der Waals surface area contributed by atoms with Crippen LogP contribution in [0.25, 0.3) is 0 Å². The number of hydrogen-bond donors (Lipinski definition) is 2. The van der Waals surface area contributed by atoms with Gasteiger partial charge in [0.1, 0.15) is 5.82 Å². The third-order valence-electron chi connectivity index (χ3n) is 7.61. The van der Waals surface area contributed by atoms with E-state index >= 15 is 0 Å². The van der Waals surface area contributed by atoms with Crippen LogP contribution in [-0.4, -0.2) is 74.8 Å². The van der Waals surface area contributed by atoms with Crippen LogP contribution < -0.4 is 15.1 Å². The van der Waals surface area contributed by atoms with Crippen molar-refractivity contribution < 1.29 is 19.4 Å². The molecule has 1 unspecified atom stereocenters. The SMILES string of the molecule is CCNc1cc2c(cn1)C(=O)N(c1cccc(COC(CCN(CCC[Si](C)(C)C)C(=O)O)c3cccs3)c1)CCN2C. The maximum atomic E-state index is 13.7. The van der Waals surface area contributed by atoms with Crippen LogP contribution >= 0.6 is 11.3 Å². The topological polar surface area (TPSA) is 98.2 Å². The van der Waals surface area contributed by atoms with Crippen LogP contribution in [0.2, 0.25) is 25.7 Å². The lowest BCUT2D eigenvalue weighted by Crippen LogP contribution is -2.34. The quantitative estimate of drug-likeness (QED) is 0.186. The first-order valence-corrected chi connectivity index (χ1v) is 19.6. The van der Waals surface area contributed by atoms with Crippen LogP contribution in [0.4, 0.5) is 22.0 Å². The average Bonchev–Trinajstić information content (AvgIpc) is 3.47. The highest BCUT2D eigenvalue weighted by Gasteiger charge is 2.27. The fourth-order valence-corrected chi connectivity index (χ4v) is 7.26. The molecule has 1 aliphatic heterocycles. The number of carboxylic acid groups (broad SMARTS) is 1. The third kappa shape index (κ3) is 9.04. The summed E-state index contributed by atoms with van der Waals surface area (Å²) in [5, 5.41) is 15.1. The van der Waals surface area contributed by atoms with Gasteiger partial charge in [0.15, 0.2) is 0 Å². The summed E-state index contributed by atoms with van der Waals surface area (Å²) in [6.45, 7) is 12.3. The zero-order chi connectivity index (χ0) is 31.0. The minimum atomic E-state index is -1.22. The molecule has 232 valence electrons. The Hall–Kier alpha value is -3.41. The number of aromatic nitrogens is 1. The summed E-state index contributed by atoms with van der Waals surface area (Å²) in [5.74, 6) is 0.680. The first kappa shape index (κ1) is 32.5. The van der Waals surface area contributed by atoms with E-state index < -0.39 is 14.2 Å². The highest BCUT2D eigenvalue weighted by molar-refractivity contribution is 7.10. The summed E-state index contributed by atoms with van der Waals surface area (Å²) in [5.41, 5.74) is 3.22. The van der Waals surface area contributed by atoms with Crippen molar-refractivity contribution >= 4 is 48.6 Å². The molecule has 0 bridgehead atoms. The normalized spacial score (nSPS) is 14.3. The van der Waals surface area contributed by atoms with Gasteiger partial charge in [0.2, 0.25) is 0 Å². The van der Waals surface area contributed by atoms with Gasteiger partial charge < -0.3 is 29.9 Å². The molecule has 11 heteroatoms. The van der Waals surface area contributed by atoms with Gasteiger partial charge in [-0.2, -0.15) is 0 Å². The van der Waals surface area contributed by atoms with Gasteiger partial charge in [-0.1, -0.05) is 43.9 Å². The number of nitrogens with one attached hydrogen (secondary N) is 1. The largest absolute Gasteiger partial charge is 0.465 e. The van der Waals surface area contributed by atoms with Gasteiger partial charge in [0, 0.05) is 70.7 Å². The van der Waals surface area contributed by atoms with E-state index in [2.05, 4.69) is 34.8 Å². The molecule has 0 saturated carbocycles. The summed E-state index contributed by atoms with van der Waals surface area (Å²) >= 11 is 1.62. The van der Waals surface area contributed by atoms with Crippen molar-refractivity contribution in [2.24, 2.45) is 0 Å². The molecule has 0 spiro atoms. The lowest BCUT2D eigenvalue weighted by molar-refractivity contribution is 0.0295. The molecular formula is C32H45N5O4SSi. The van der Waals surface area contributed by atoms with Crippen molar-refractivity contribution in [3.63, 3.8) is 0 Å². The van der Waals surface area contributed by atoms with E-state index in [0.717, 1.165) is 46.6 Å². The third-order valence-corrected chi connectivity index (χ3v) is 10.4. The number of amides is 2. The molecule has 2 amide bonds. The first-order chi connectivity index (χ1) is 20.6. The summed E-state index contributed by atoms with van der Waals surface area (Å²) in [6.07, 6.45) is 2.03. The number of anilines is 3. The second kappa shape index (κ2) is 14.9. The Morgan fingerprint density at radius 2 is 2.00 bits per heavy atom. The lowest BCUT2D eigenvalue weighted by atomic mass is 10.1. The summed E-state index contributed by atoms with van der Waals surface area (Å²) in [7, 11) is 0.775. The Balaban J connectivity index is 1.44. The molecule has 1 atom stereocenters. The molecular weight excluding hydrogens is 579 g/mol. The van der Waals surface area contributed by atoms with Crippen molar-refractivity contribution in [3.05, 3.63) is 70.0 Å². The maximum absolute atomic E-state index is 13.7. The molecule has 0 aliphatic carbocycles. The van der Waals surface area contributed by atoms with Gasteiger partial charge in [-0.15, -0.1) is 11.3 Å². The van der Waals surface area contributed by atoms with E-state index in [4.69, 9.17) is 4.74 Å². The molecule has 0 fully saturated rings. The van der Waals surface area contributed by atoms with Crippen LogP contribution in [0.5, 0.6) is 0 Å². The monoisotopic (exact) mass is 623 g/mol. The molecule has 1 aliphatic rings. The minimum Gasteiger partial charge on any atom is -0.465 e. The number of thiophene rings is 1. The van der Waals surface area contributed by atoms with Crippen LogP contribution in [0, 0.1) is 0 Å². The second-order valence-corrected chi connectivity index (χ2v) is 18.8. The molecule has 43 heavy (non-hydrogen) atoms. The highest BCUT2D eigenvalue weighted by Crippen LogP contribution is 2.31. The molecule has 3 heterocycles. The molecule has 9 nitrogen and oxygen atoms in total. The van der Waals surface area contributed by atoms with E-state index in [0.29, 0.717) is 44.8 Å². The summed E-state index contributed by atoms with van der Waals surface area (Å²) < 4.78 is 6.43. The number of hydrogen-bond acceptors (Lipinski definition) is 7. The molecule has 0 radical (unpaired) electrons. The number of fused-ring (bicyclic) bond motifs is 1. The van der Waals surface area contributed by atoms with Crippen LogP contribution in [0.15, 0.2) is 54.0 Å². The Labute approximate surface area is 260 Å². The smallest absolute Gasteiger partial charge is 0.407 e. The average molecular weight is 624 g/mol. The van der Waals surface area contributed by atoms with Gasteiger partial charge in [0.25, 0.3) is 5.91 Å². The van der Waals surface area contributed by atoms with Gasteiger partial charge in [-0.05, 0) is 48.9 Å². The Bertz CT molecular complexity index is 1360. The van der Waals surface area contributed by atoms with E-state index in [-0.39, 0.29) is 12.0 Å². The first-order valence-electron chi connectivity index (χ1n) is 15.0. The fourth-order valence-electron chi connectivity index (χ4n) is 5.24. The predicted molar refractivity (Wildman–Crippen MR) is 179 cm³/mol. The standard InChI is InChI=1S/C32H45N5O4SSi/c1-6-33-30-21-27-26(22-34-30)31(38)37(17-16-35(27)2)25-11-7-10-24(20-25)23-41-28(29-12-8-18-42-29)13-15-36(32(39)40)14-9-19-43(3,4)5/h7-8,10-12,18,20-22,28H,6,9,13-17,19,23H2,1-5H3,(H,33,34)(H,39,40). The van der Waals surface area contributed by atoms with Crippen LogP contribution in [-0.2, 0) is 11.3 Å². The van der Waals surface area contributed by atoms with E-state index in [1.54, 1.807) is 17.5 Å². The maximum Gasteiger partial charge on any atom is 0.407 e. The fraction of sp³-hybridized carbons (Fsp3) is 0.469. The molecule has 4 rings (SSSR count). The Kier molecular flexibility index (Phi) is 11.2. The number of ether oxygens (including phenoxy) is 1. The summed E-state index contributed by atoms with van der Waals surface area (Å²) in [6, 6.07) is 15.0. The molecule has 1 aromatic carbocycles. The minimum absolute atomic E-state index is 0.0766. The van der Waals surface area contributed by atoms with Crippen molar-refractivity contribution in [2.75, 3.05) is 54.9 Å². The van der Waals surface area contributed by atoms with Gasteiger partial charge in [-0.3, -0.25) is 4.79 Å². The van der Waals surface area contributed by atoms with Crippen LogP contribution in [0.3, 0.4) is 0 Å². The van der Waals surface area contributed by atoms with Crippen LogP contribution in [0.1, 0.15) is 46.7 Å². The van der Waals surface area contributed by atoms with Gasteiger partial charge in [-0.25, -0.2) is 9.78 Å². The number of carbonyl (C=O) groups excluding carboxylic acids is 1. The van der Waals surface area contributed by atoms with E-state index in [1.165, 1.54) is 4.90 Å². The Morgan fingerprint density at radius 3 is 2.70 bits per heavy atom. The van der Waals surface area contributed by atoms with Crippen molar-refractivity contribution in [2.45, 2.75) is 58.2 Å². The molecule has 0 saturated heterocycles. The molecule has 3 aromatic rings. The number of rotatable bonds is 14. The zero-order valence-corrected chi connectivity index (χ0v) is 27.8.